The number of benzene rings is 1. The molecule has 1 rings (SSSR count). The molecule has 0 bridgehead atoms. The summed E-state index contributed by atoms with van der Waals surface area (Å²) in [5.74, 6) is -1.22. The number of halogens is 1. The van der Waals surface area contributed by atoms with Gasteiger partial charge in [-0.1, -0.05) is 28.1 Å². The number of hydrogen-bond acceptors (Lipinski definition) is 2. The lowest BCUT2D eigenvalue weighted by Gasteiger charge is -2.00. The van der Waals surface area contributed by atoms with Gasteiger partial charge < -0.3 is 5.11 Å². The minimum Gasteiger partial charge on any atom is -0.477 e. The molecule has 76 valence electrons. The monoisotopic (exact) mass is 265 g/mol. The van der Waals surface area contributed by atoms with Crippen molar-refractivity contribution in [3.8, 4) is 6.07 Å². The van der Waals surface area contributed by atoms with Gasteiger partial charge in [-0.15, -0.1) is 0 Å². The van der Waals surface area contributed by atoms with Gasteiger partial charge >= 0.3 is 5.97 Å². The minimum atomic E-state index is -1.22. The van der Waals surface area contributed by atoms with E-state index in [9.17, 15) is 4.79 Å². The molecule has 0 aromatic heterocycles. The Kier molecular flexibility index (Phi) is 3.64. The molecule has 0 saturated carbocycles. The third-order valence-electron chi connectivity index (χ3n) is 1.81. The first-order valence-corrected chi connectivity index (χ1v) is 4.95. The Morgan fingerprint density at radius 3 is 2.73 bits per heavy atom. The van der Waals surface area contributed by atoms with Crippen molar-refractivity contribution in [1.82, 2.24) is 0 Å². The lowest BCUT2D eigenvalue weighted by atomic mass is 10.1. The number of carboxylic acids is 1. The molecule has 1 aromatic carbocycles. The third-order valence-corrected chi connectivity index (χ3v) is 2.49. The van der Waals surface area contributed by atoms with Crippen LogP contribution in [0.3, 0.4) is 0 Å². The maximum absolute atomic E-state index is 10.6. The van der Waals surface area contributed by atoms with E-state index in [1.54, 1.807) is 12.1 Å². The molecular formula is C11H8BrNO2. The number of hydrogen-bond donors (Lipinski definition) is 1. The van der Waals surface area contributed by atoms with Gasteiger partial charge in [0.2, 0.25) is 0 Å². The summed E-state index contributed by atoms with van der Waals surface area (Å²) in [6, 6.07) is 7.11. The molecule has 1 N–H and O–H groups in total. The van der Waals surface area contributed by atoms with Crippen LogP contribution in [0.5, 0.6) is 0 Å². The largest absolute Gasteiger partial charge is 0.477 e. The van der Waals surface area contributed by atoms with Crippen molar-refractivity contribution in [1.29, 1.82) is 5.26 Å². The summed E-state index contributed by atoms with van der Waals surface area (Å²) in [6.07, 6.45) is 1.34. The van der Waals surface area contributed by atoms with Gasteiger partial charge in [0.25, 0.3) is 0 Å². The molecule has 0 radical (unpaired) electrons. The highest BCUT2D eigenvalue weighted by Crippen LogP contribution is 2.20. The number of carboxylic acid groups (broad SMARTS) is 1. The lowest BCUT2D eigenvalue weighted by Crippen LogP contribution is -1.97. The quantitative estimate of drug-likeness (QED) is 0.661. The Labute approximate surface area is 95.8 Å². The topological polar surface area (TPSA) is 61.1 Å². The van der Waals surface area contributed by atoms with Crippen LogP contribution in [0.15, 0.2) is 28.2 Å². The van der Waals surface area contributed by atoms with Crippen LogP contribution in [0, 0.1) is 18.3 Å². The fourth-order valence-electron chi connectivity index (χ4n) is 1.05. The van der Waals surface area contributed by atoms with E-state index < -0.39 is 5.97 Å². The molecule has 0 fully saturated rings. The van der Waals surface area contributed by atoms with Gasteiger partial charge in [0.15, 0.2) is 0 Å². The van der Waals surface area contributed by atoms with Gasteiger partial charge in [0.1, 0.15) is 11.6 Å². The molecule has 1 aromatic rings. The van der Waals surface area contributed by atoms with Crippen LogP contribution in [-0.2, 0) is 4.79 Å². The average Bonchev–Trinajstić information content (AvgIpc) is 2.16. The van der Waals surface area contributed by atoms with Gasteiger partial charge in [-0.2, -0.15) is 5.26 Å². The van der Waals surface area contributed by atoms with E-state index in [2.05, 4.69) is 15.9 Å². The molecule has 0 heterocycles. The van der Waals surface area contributed by atoms with Crippen LogP contribution in [-0.4, -0.2) is 11.1 Å². The first-order valence-electron chi connectivity index (χ1n) is 4.16. The van der Waals surface area contributed by atoms with E-state index in [4.69, 9.17) is 10.4 Å². The fraction of sp³-hybridized carbons (Fsp3) is 0.0909. The van der Waals surface area contributed by atoms with Crippen LogP contribution in [0.25, 0.3) is 6.08 Å². The van der Waals surface area contributed by atoms with Crippen molar-refractivity contribution in [2.45, 2.75) is 6.92 Å². The summed E-state index contributed by atoms with van der Waals surface area (Å²) in [6.45, 7) is 1.93. The van der Waals surface area contributed by atoms with E-state index in [1.165, 1.54) is 6.08 Å². The van der Waals surface area contributed by atoms with Gasteiger partial charge in [-0.05, 0) is 30.2 Å². The standard InChI is InChI=1S/C11H8BrNO2/c1-7-2-3-8(10(12)4-7)5-9(6-13)11(14)15/h2-5H,1H3,(H,14,15)/b9-5-. The lowest BCUT2D eigenvalue weighted by molar-refractivity contribution is -0.132. The molecule has 0 aliphatic heterocycles. The highest BCUT2D eigenvalue weighted by molar-refractivity contribution is 9.10. The van der Waals surface area contributed by atoms with E-state index in [1.807, 2.05) is 19.1 Å². The Balaban J connectivity index is 3.19. The van der Waals surface area contributed by atoms with Crippen molar-refractivity contribution in [3.63, 3.8) is 0 Å². The number of aliphatic carboxylic acids is 1. The second-order valence-corrected chi connectivity index (χ2v) is 3.85. The summed E-state index contributed by atoms with van der Waals surface area (Å²) in [5, 5.41) is 17.3. The summed E-state index contributed by atoms with van der Waals surface area (Å²) in [5.41, 5.74) is 1.46. The summed E-state index contributed by atoms with van der Waals surface area (Å²) in [4.78, 5) is 10.6. The summed E-state index contributed by atoms with van der Waals surface area (Å²) >= 11 is 3.31. The van der Waals surface area contributed by atoms with Crippen molar-refractivity contribution in [2.24, 2.45) is 0 Å². The van der Waals surface area contributed by atoms with Crippen LogP contribution in [0.4, 0.5) is 0 Å². The van der Waals surface area contributed by atoms with Crippen LogP contribution >= 0.6 is 15.9 Å². The SMILES string of the molecule is Cc1ccc(/C=C(/C#N)C(=O)O)c(Br)c1. The predicted molar refractivity (Wildman–Crippen MR) is 60.1 cm³/mol. The van der Waals surface area contributed by atoms with E-state index in [-0.39, 0.29) is 5.57 Å². The van der Waals surface area contributed by atoms with Gasteiger partial charge in [0, 0.05) is 4.47 Å². The van der Waals surface area contributed by atoms with Crippen molar-refractivity contribution >= 4 is 28.0 Å². The number of nitrogens with zero attached hydrogens (tertiary/aromatic N) is 1. The number of rotatable bonds is 2. The third kappa shape index (κ3) is 2.93. The van der Waals surface area contributed by atoms with E-state index in [0.29, 0.717) is 5.56 Å². The van der Waals surface area contributed by atoms with Crippen LogP contribution in [0.1, 0.15) is 11.1 Å². The summed E-state index contributed by atoms with van der Waals surface area (Å²) < 4.78 is 0.775. The fourth-order valence-corrected chi connectivity index (χ4v) is 1.65. The number of aryl methyl sites for hydroxylation is 1. The Morgan fingerprint density at radius 2 is 2.27 bits per heavy atom. The van der Waals surface area contributed by atoms with Crippen molar-refractivity contribution < 1.29 is 9.90 Å². The maximum Gasteiger partial charge on any atom is 0.346 e. The molecule has 0 atom stereocenters. The minimum absolute atomic E-state index is 0.278. The van der Waals surface area contributed by atoms with Gasteiger partial charge in [0.05, 0.1) is 0 Å². The van der Waals surface area contributed by atoms with Crippen LogP contribution in [0.2, 0.25) is 0 Å². The number of nitriles is 1. The molecule has 0 saturated heterocycles. The average molecular weight is 266 g/mol. The highest BCUT2D eigenvalue weighted by Gasteiger charge is 2.06. The van der Waals surface area contributed by atoms with E-state index in [0.717, 1.165) is 10.0 Å². The molecule has 15 heavy (non-hydrogen) atoms. The van der Waals surface area contributed by atoms with Gasteiger partial charge in [-0.25, -0.2) is 4.79 Å². The molecule has 0 aliphatic carbocycles. The van der Waals surface area contributed by atoms with Crippen molar-refractivity contribution in [2.75, 3.05) is 0 Å². The van der Waals surface area contributed by atoms with Crippen molar-refractivity contribution in [3.05, 3.63) is 39.4 Å². The molecule has 0 spiro atoms. The molecule has 0 amide bonds. The zero-order valence-corrected chi connectivity index (χ0v) is 9.58. The molecule has 0 aliphatic rings. The molecule has 3 nitrogen and oxygen atoms in total. The highest BCUT2D eigenvalue weighted by atomic mass is 79.9. The molecule has 4 heteroatoms. The molecule has 0 unspecified atom stereocenters. The first kappa shape index (κ1) is 11.5. The zero-order valence-electron chi connectivity index (χ0n) is 7.99. The Bertz CT molecular complexity index is 472. The van der Waals surface area contributed by atoms with Gasteiger partial charge in [-0.3, -0.25) is 0 Å². The predicted octanol–water partition coefficient (Wildman–Crippen LogP) is 2.75. The smallest absolute Gasteiger partial charge is 0.346 e. The molecular weight excluding hydrogens is 258 g/mol. The Morgan fingerprint density at radius 1 is 1.60 bits per heavy atom. The second-order valence-electron chi connectivity index (χ2n) is 3.00. The first-order chi connectivity index (χ1) is 7.04. The second kappa shape index (κ2) is 4.76. The van der Waals surface area contributed by atoms with E-state index >= 15 is 0 Å². The maximum atomic E-state index is 10.6. The van der Waals surface area contributed by atoms with Crippen LogP contribution < -0.4 is 0 Å². The normalized spacial score (nSPS) is 10.9. The summed E-state index contributed by atoms with van der Waals surface area (Å²) in [7, 11) is 0. The number of carbonyl (C=O) groups is 1. The zero-order chi connectivity index (χ0) is 11.4. The Hall–Kier alpha value is -1.60.